The standard InChI is InChI=1S/C12H19N3/c1-12(2)10(11(12)13)8-7-15-6-4-3-5-9(15)14-8/h7,10-11H,3-6,13H2,1-2H3/t10-,11-/m0/s1. The van der Waals surface area contributed by atoms with E-state index in [1.165, 1.54) is 24.4 Å². The van der Waals surface area contributed by atoms with Crippen LogP contribution in [0.5, 0.6) is 0 Å². The van der Waals surface area contributed by atoms with Crippen LogP contribution >= 0.6 is 0 Å². The molecule has 1 fully saturated rings. The van der Waals surface area contributed by atoms with Gasteiger partial charge in [-0.25, -0.2) is 4.98 Å². The van der Waals surface area contributed by atoms with E-state index in [1.807, 2.05) is 0 Å². The summed E-state index contributed by atoms with van der Waals surface area (Å²) in [5.74, 6) is 1.75. The highest BCUT2D eigenvalue weighted by Gasteiger charge is 2.57. The molecule has 1 aromatic heterocycles. The molecule has 15 heavy (non-hydrogen) atoms. The second kappa shape index (κ2) is 2.85. The summed E-state index contributed by atoms with van der Waals surface area (Å²) in [5, 5.41) is 0. The predicted octanol–water partition coefficient (Wildman–Crippen LogP) is 1.67. The predicted molar refractivity (Wildman–Crippen MR) is 59.7 cm³/mol. The molecule has 0 unspecified atom stereocenters. The summed E-state index contributed by atoms with van der Waals surface area (Å²) in [7, 11) is 0. The van der Waals surface area contributed by atoms with Gasteiger partial charge in [0.05, 0.1) is 5.69 Å². The minimum Gasteiger partial charge on any atom is -0.335 e. The lowest BCUT2D eigenvalue weighted by atomic mass is 10.1. The molecule has 1 aromatic rings. The molecule has 1 aliphatic heterocycles. The first-order valence-electron chi connectivity index (χ1n) is 5.92. The van der Waals surface area contributed by atoms with Gasteiger partial charge in [0.1, 0.15) is 5.82 Å². The van der Waals surface area contributed by atoms with E-state index in [1.54, 1.807) is 0 Å². The lowest BCUT2D eigenvalue weighted by molar-refractivity contribution is 0.522. The highest BCUT2D eigenvalue weighted by molar-refractivity contribution is 5.29. The molecule has 1 aliphatic carbocycles. The second-order valence-corrected chi connectivity index (χ2v) is 5.56. The van der Waals surface area contributed by atoms with Gasteiger partial charge < -0.3 is 10.3 Å². The van der Waals surface area contributed by atoms with E-state index in [4.69, 9.17) is 10.7 Å². The quantitative estimate of drug-likeness (QED) is 0.758. The van der Waals surface area contributed by atoms with E-state index in [0.29, 0.717) is 12.0 Å². The average Bonchev–Trinajstić information content (AvgIpc) is 2.61. The van der Waals surface area contributed by atoms with Crippen molar-refractivity contribution in [2.24, 2.45) is 11.1 Å². The van der Waals surface area contributed by atoms with Crippen LogP contribution in [0.15, 0.2) is 6.20 Å². The van der Waals surface area contributed by atoms with Crippen molar-refractivity contribution in [3.05, 3.63) is 17.7 Å². The summed E-state index contributed by atoms with van der Waals surface area (Å²) in [4.78, 5) is 4.74. The highest BCUT2D eigenvalue weighted by Crippen LogP contribution is 2.56. The Hall–Kier alpha value is -0.830. The Morgan fingerprint density at radius 1 is 1.47 bits per heavy atom. The molecular formula is C12H19N3. The summed E-state index contributed by atoms with van der Waals surface area (Å²) in [5.41, 5.74) is 7.57. The molecule has 2 aliphatic rings. The minimum absolute atomic E-state index is 0.254. The first-order chi connectivity index (χ1) is 7.10. The molecule has 1 saturated carbocycles. The van der Waals surface area contributed by atoms with Crippen LogP contribution in [-0.4, -0.2) is 15.6 Å². The van der Waals surface area contributed by atoms with Crippen molar-refractivity contribution in [1.82, 2.24) is 9.55 Å². The van der Waals surface area contributed by atoms with Crippen molar-refractivity contribution < 1.29 is 0 Å². The maximum Gasteiger partial charge on any atom is 0.108 e. The highest BCUT2D eigenvalue weighted by atomic mass is 15.1. The van der Waals surface area contributed by atoms with Gasteiger partial charge in [0.2, 0.25) is 0 Å². The van der Waals surface area contributed by atoms with Crippen molar-refractivity contribution in [2.45, 2.75) is 51.6 Å². The fourth-order valence-electron chi connectivity index (χ4n) is 2.83. The van der Waals surface area contributed by atoms with E-state index < -0.39 is 0 Å². The molecule has 0 radical (unpaired) electrons. The third-order valence-corrected chi connectivity index (χ3v) is 4.16. The first kappa shape index (κ1) is 9.40. The van der Waals surface area contributed by atoms with Crippen molar-refractivity contribution in [2.75, 3.05) is 0 Å². The Balaban J connectivity index is 1.91. The average molecular weight is 205 g/mol. The normalized spacial score (nSPS) is 32.5. The summed E-state index contributed by atoms with van der Waals surface area (Å²) in [6, 6.07) is 0.300. The number of aromatic nitrogens is 2. The molecular weight excluding hydrogens is 186 g/mol. The smallest absolute Gasteiger partial charge is 0.108 e. The second-order valence-electron chi connectivity index (χ2n) is 5.56. The molecule has 3 rings (SSSR count). The molecule has 82 valence electrons. The van der Waals surface area contributed by atoms with Gasteiger partial charge in [-0.15, -0.1) is 0 Å². The maximum absolute atomic E-state index is 6.08. The van der Waals surface area contributed by atoms with E-state index in [2.05, 4.69) is 24.6 Å². The number of fused-ring (bicyclic) bond motifs is 1. The Bertz CT molecular complexity index is 368. The number of rotatable bonds is 1. The van der Waals surface area contributed by atoms with Crippen LogP contribution in [0.3, 0.4) is 0 Å². The van der Waals surface area contributed by atoms with E-state index in [9.17, 15) is 0 Å². The number of imidazole rings is 1. The van der Waals surface area contributed by atoms with Gasteiger partial charge in [0, 0.05) is 31.1 Å². The molecule has 0 bridgehead atoms. The van der Waals surface area contributed by atoms with Gasteiger partial charge in [-0.3, -0.25) is 0 Å². The SMILES string of the molecule is CC1(C)[C@@H](N)[C@@H]1c1cn2c(n1)CCCC2. The molecule has 0 saturated heterocycles. The van der Waals surface area contributed by atoms with Crippen molar-refractivity contribution in [3.63, 3.8) is 0 Å². The zero-order chi connectivity index (χ0) is 10.6. The van der Waals surface area contributed by atoms with Crippen LogP contribution in [0.1, 0.15) is 44.1 Å². The Morgan fingerprint density at radius 2 is 2.20 bits per heavy atom. The third kappa shape index (κ3) is 1.26. The number of aryl methyl sites for hydroxylation is 2. The number of nitrogens with two attached hydrogens (primary N) is 1. The largest absolute Gasteiger partial charge is 0.335 e. The molecule has 2 heterocycles. The Labute approximate surface area is 90.7 Å². The van der Waals surface area contributed by atoms with Crippen LogP contribution in [0.25, 0.3) is 0 Å². The van der Waals surface area contributed by atoms with Gasteiger partial charge >= 0.3 is 0 Å². The first-order valence-corrected chi connectivity index (χ1v) is 5.92. The number of hydrogen-bond acceptors (Lipinski definition) is 2. The minimum atomic E-state index is 0.254. The zero-order valence-electron chi connectivity index (χ0n) is 9.53. The van der Waals surface area contributed by atoms with Gasteiger partial charge in [-0.1, -0.05) is 13.8 Å². The summed E-state index contributed by atoms with van der Waals surface area (Å²) in [6.07, 6.45) is 5.95. The molecule has 0 spiro atoms. The fourth-order valence-corrected chi connectivity index (χ4v) is 2.83. The lowest BCUT2D eigenvalue weighted by Crippen LogP contribution is -2.08. The third-order valence-electron chi connectivity index (χ3n) is 4.16. The number of hydrogen-bond donors (Lipinski definition) is 1. The molecule has 0 aromatic carbocycles. The van der Waals surface area contributed by atoms with Crippen LogP contribution in [0, 0.1) is 5.41 Å². The van der Waals surface area contributed by atoms with Crippen LogP contribution in [0.2, 0.25) is 0 Å². The lowest BCUT2D eigenvalue weighted by Gasteiger charge is -2.11. The van der Waals surface area contributed by atoms with Crippen molar-refractivity contribution >= 4 is 0 Å². The summed E-state index contributed by atoms with van der Waals surface area (Å²) >= 11 is 0. The van der Waals surface area contributed by atoms with Crippen molar-refractivity contribution in [1.29, 1.82) is 0 Å². The van der Waals surface area contributed by atoms with Crippen LogP contribution in [0.4, 0.5) is 0 Å². The Morgan fingerprint density at radius 3 is 2.80 bits per heavy atom. The van der Waals surface area contributed by atoms with Gasteiger partial charge in [0.25, 0.3) is 0 Å². The monoisotopic (exact) mass is 205 g/mol. The topological polar surface area (TPSA) is 43.8 Å². The molecule has 0 amide bonds. The summed E-state index contributed by atoms with van der Waals surface area (Å²) < 4.78 is 2.32. The van der Waals surface area contributed by atoms with Gasteiger partial charge in [-0.05, 0) is 18.3 Å². The van der Waals surface area contributed by atoms with Crippen LogP contribution < -0.4 is 5.73 Å². The summed E-state index contributed by atoms with van der Waals surface area (Å²) in [6.45, 7) is 5.62. The van der Waals surface area contributed by atoms with E-state index >= 15 is 0 Å². The fraction of sp³-hybridized carbons (Fsp3) is 0.750. The zero-order valence-corrected chi connectivity index (χ0v) is 9.53. The molecule has 3 nitrogen and oxygen atoms in total. The molecule has 3 heteroatoms. The van der Waals surface area contributed by atoms with Crippen LogP contribution in [-0.2, 0) is 13.0 Å². The molecule has 2 N–H and O–H groups in total. The maximum atomic E-state index is 6.08. The Kier molecular flexibility index (Phi) is 1.78. The molecule has 2 atom stereocenters. The van der Waals surface area contributed by atoms with E-state index in [-0.39, 0.29) is 5.41 Å². The number of nitrogens with zero attached hydrogens (tertiary/aromatic N) is 2. The van der Waals surface area contributed by atoms with Gasteiger partial charge in [0.15, 0.2) is 0 Å². The van der Waals surface area contributed by atoms with E-state index in [0.717, 1.165) is 13.0 Å². The van der Waals surface area contributed by atoms with Gasteiger partial charge in [-0.2, -0.15) is 0 Å². The van der Waals surface area contributed by atoms with Crippen molar-refractivity contribution in [3.8, 4) is 0 Å².